The van der Waals surface area contributed by atoms with Gasteiger partial charge in [-0.15, -0.1) is 0 Å². The van der Waals surface area contributed by atoms with Gasteiger partial charge in [0.15, 0.2) is 0 Å². The van der Waals surface area contributed by atoms with Gasteiger partial charge in [-0.3, -0.25) is 14.2 Å². The number of halogens is 2. The zero-order valence-electron chi connectivity index (χ0n) is 18.9. The number of carbonyl (C=O) groups is 1. The van der Waals surface area contributed by atoms with E-state index in [1.807, 2.05) is 0 Å². The molecule has 0 saturated heterocycles. The Labute approximate surface area is 219 Å². The number of rotatable bonds is 6. The van der Waals surface area contributed by atoms with Crippen molar-refractivity contribution in [2.24, 2.45) is 0 Å². The van der Waals surface area contributed by atoms with E-state index in [2.05, 4.69) is 20.3 Å². The molecule has 1 amide bonds. The zero-order chi connectivity index (χ0) is 25.9. The fraction of sp³-hybridized carbons (Fsp3) is 0.0385. The van der Waals surface area contributed by atoms with Gasteiger partial charge in [0.05, 0.1) is 17.4 Å². The summed E-state index contributed by atoms with van der Waals surface area (Å²) in [7, 11) is 0. The van der Waals surface area contributed by atoms with Crippen molar-refractivity contribution < 1.29 is 9.53 Å². The molecule has 0 spiro atoms. The molecule has 0 unspecified atom stereocenters. The second kappa shape index (κ2) is 10.3. The second-order valence-corrected chi connectivity index (χ2v) is 8.85. The smallest absolute Gasteiger partial charge is 0.329 e. The molecular formula is C26H17Cl2N5O4. The van der Waals surface area contributed by atoms with Crippen molar-refractivity contribution in [2.45, 2.75) is 6.54 Å². The Bertz CT molecular complexity index is 1730. The lowest BCUT2D eigenvalue weighted by molar-refractivity contribution is 0.102. The van der Waals surface area contributed by atoms with Gasteiger partial charge in [0, 0.05) is 33.7 Å². The summed E-state index contributed by atoms with van der Waals surface area (Å²) in [6, 6.07) is 17.9. The highest BCUT2D eigenvalue weighted by molar-refractivity contribution is 6.35. The first-order valence-electron chi connectivity index (χ1n) is 10.9. The van der Waals surface area contributed by atoms with E-state index in [4.69, 9.17) is 27.9 Å². The van der Waals surface area contributed by atoms with Gasteiger partial charge in [0.25, 0.3) is 11.5 Å². The predicted octanol–water partition coefficient (Wildman–Crippen LogP) is 4.88. The number of carbonyl (C=O) groups excluding carboxylic acids is 1. The lowest BCUT2D eigenvalue weighted by Crippen LogP contribution is -2.35. The molecule has 5 rings (SSSR count). The van der Waals surface area contributed by atoms with E-state index in [0.717, 1.165) is 4.57 Å². The molecule has 0 aliphatic rings. The number of hydrogen-bond donors (Lipinski definition) is 2. The normalized spacial score (nSPS) is 10.9. The highest BCUT2D eigenvalue weighted by Crippen LogP contribution is 2.22. The number of benzene rings is 3. The Morgan fingerprint density at radius 2 is 1.70 bits per heavy atom. The minimum Gasteiger partial charge on any atom is -0.424 e. The number of anilines is 1. The summed E-state index contributed by atoms with van der Waals surface area (Å²) in [5, 5.41) is 3.71. The molecular weight excluding hydrogens is 517 g/mol. The highest BCUT2D eigenvalue weighted by atomic mass is 35.5. The van der Waals surface area contributed by atoms with Crippen LogP contribution in [-0.2, 0) is 6.54 Å². The molecule has 184 valence electrons. The molecule has 0 aliphatic carbocycles. The van der Waals surface area contributed by atoms with Crippen molar-refractivity contribution in [3.05, 3.63) is 121 Å². The number of nitrogens with zero attached hydrogens (tertiary/aromatic N) is 3. The number of hydrogen-bond acceptors (Lipinski definition) is 6. The van der Waals surface area contributed by atoms with Gasteiger partial charge in [-0.25, -0.2) is 14.8 Å². The van der Waals surface area contributed by atoms with Gasteiger partial charge in [-0.05, 0) is 60.2 Å². The zero-order valence-corrected chi connectivity index (χ0v) is 20.5. The fourth-order valence-electron chi connectivity index (χ4n) is 3.70. The highest BCUT2D eigenvalue weighted by Gasteiger charge is 2.12. The molecule has 2 heterocycles. The van der Waals surface area contributed by atoms with Crippen molar-refractivity contribution in [1.29, 1.82) is 0 Å². The maximum atomic E-state index is 13.2. The summed E-state index contributed by atoms with van der Waals surface area (Å²) in [4.78, 5) is 49.3. The number of nitrogens with one attached hydrogen (secondary N) is 2. The van der Waals surface area contributed by atoms with E-state index in [-0.39, 0.29) is 17.9 Å². The van der Waals surface area contributed by atoms with Crippen LogP contribution in [0.4, 0.5) is 5.69 Å². The third-order valence-corrected chi connectivity index (χ3v) is 5.79. The third-order valence-electron chi connectivity index (χ3n) is 5.35. The van der Waals surface area contributed by atoms with Gasteiger partial charge >= 0.3 is 11.7 Å². The van der Waals surface area contributed by atoms with Gasteiger partial charge < -0.3 is 15.0 Å². The number of H-pyrrole nitrogens is 1. The molecule has 9 nitrogen and oxygen atoms in total. The predicted molar refractivity (Wildman–Crippen MR) is 141 cm³/mol. The molecule has 5 aromatic rings. The molecule has 2 N–H and O–H groups in total. The summed E-state index contributed by atoms with van der Waals surface area (Å²) < 4.78 is 6.69. The number of aromatic amines is 1. The van der Waals surface area contributed by atoms with Crippen LogP contribution in [0.1, 0.15) is 15.9 Å². The van der Waals surface area contributed by atoms with Gasteiger partial charge in [0.2, 0.25) is 0 Å². The topological polar surface area (TPSA) is 119 Å². The summed E-state index contributed by atoms with van der Waals surface area (Å²) in [5.41, 5.74) is 0.695. The van der Waals surface area contributed by atoms with Gasteiger partial charge in [-0.1, -0.05) is 35.3 Å². The SMILES string of the molecule is O=C(Nc1cccc(Cn2c(=O)[nH]c3ccc(Oc4ncccn4)cc3c2=O)c1)c1cc(Cl)cc(Cl)c1. The van der Waals surface area contributed by atoms with E-state index < -0.39 is 17.2 Å². The molecule has 0 saturated carbocycles. The van der Waals surface area contributed by atoms with E-state index in [0.29, 0.717) is 38.1 Å². The van der Waals surface area contributed by atoms with Crippen molar-refractivity contribution >= 4 is 45.7 Å². The van der Waals surface area contributed by atoms with Crippen LogP contribution in [0.15, 0.2) is 88.7 Å². The molecule has 3 aromatic carbocycles. The molecule has 0 fully saturated rings. The van der Waals surface area contributed by atoms with E-state index in [1.165, 1.54) is 36.7 Å². The quantitative estimate of drug-likeness (QED) is 0.321. The average molecular weight is 534 g/mol. The number of fused-ring (bicyclic) bond motifs is 1. The minimum absolute atomic E-state index is 0.0241. The van der Waals surface area contributed by atoms with Crippen LogP contribution >= 0.6 is 23.2 Å². The van der Waals surface area contributed by atoms with E-state index in [9.17, 15) is 14.4 Å². The lowest BCUT2D eigenvalue weighted by Gasteiger charge is -2.10. The van der Waals surface area contributed by atoms with Crippen molar-refractivity contribution in [1.82, 2.24) is 19.5 Å². The summed E-state index contributed by atoms with van der Waals surface area (Å²) in [6.45, 7) is -0.0241. The van der Waals surface area contributed by atoms with Crippen molar-refractivity contribution in [2.75, 3.05) is 5.32 Å². The lowest BCUT2D eigenvalue weighted by atomic mass is 10.1. The average Bonchev–Trinajstić information content (AvgIpc) is 2.87. The molecule has 37 heavy (non-hydrogen) atoms. The van der Waals surface area contributed by atoms with Gasteiger partial charge in [0.1, 0.15) is 5.75 Å². The van der Waals surface area contributed by atoms with Crippen LogP contribution in [0, 0.1) is 0 Å². The van der Waals surface area contributed by atoms with Crippen LogP contribution < -0.4 is 21.3 Å². The number of ether oxygens (including phenoxy) is 1. The van der Waals surface area contributed by atoms with Crippen molar-refractivity contribution in [3.8, 4) is 11.8 Å². The Kier molecular flexibility index (Phi) is 6.72. The maximum Gasteiger partial charge on any atom is 0.329 e. The molecule has 0 radical (unpaired) electrons. The largest absolute Gasteiger partial charge is 0.424 e. The molecule has 0 bridgehead atoms. The van der Waals surface area contributed by atoms with Crippen molar-refractivity contribution in [3.63, 3.8) is 0 Å². The van der Waals surface area contributed by atoms with Gasteiger partial charge in [-0.2, -0.15) is 0 Å². The molecule has 0 atom stereocenters. The van der Waals surface area contributed by atoms with Crippen LogP contribution in [0.5, 0.6) is 11.8 Å². The molecule has 0 aliphatic heterocycles. The van der Waals surface area contributed by atoms with E-state index in [1.54, 1.807) is 42.5 Å². The maximum absolute atomic E-state index is 13.2. The Hall–Kier alpha value is -4.47. The van der Waals surface area contributed by atoms with E-state index >= 15 is 0 Å². The van der Waals surface area contributed by atoms with Crippen LogP contribution in [0.3, 0.4) is 0 Å². The second-order valence-electron chi connectivity index (χ2n) is 7.97. The Morgan fingerprint density at radius 3 is 2.46 bits per heavy atom. The first kappa shape index (κ1) is 24.2. The van der Waals surface area contributed by atoms with Crippen LogP contribution in [0.25, 0.3) is 10.9 Å². The summed E-state index contributed by atoms with van der Waals surface area (Å²) in [6.07, 6.45) is 3.07. The Morgan fingerprint density at radius 1 is 0.946 bits per heavy atom. The fourth-order valence-corrected chi connectivity index (χ4v) is 4.22. The standard InChI is InChI=1S/C26H17Cl2N5O4/c27-17-10-16(11-18(28)12-17)23(34)31-19-4-1-3-15(9-19)14-33-24(35)21-13-20(5-6-22(21)32-26(33)36)37-25-29-7-2-8-30-25/h1-13H,14H2,(H,31,34)(H,32,36). The number of amides is 1. The summed E-state index contributed by atoms with van der Waals surface area (Å²) >= 11 is 12.0. The first-order valence-corrected chi connectivity index (χ1v) is 11.7. The minimum atomic E-state index is -0.569. The monoisotopic (exact) mass is 533 g/mol. The Balaban J connectivity index is 1.41. The molecule has 11 heteroatoms. The van der Waals surface area contributed by atoms with Crippen LogP contribution in [0.2, 0.25) is 10.0 Å². The first-order chi connectivity index (χ1) is 17.9. The number of aromatic nitrogens is 4. The summed E-state index contributed by atoms with van der Waals surface area (Å²) in [5.74, 6) is -0.0579. The van der Waals surface area contributed by atoms with Crippen LogP contribution in [-0.4, -0.2) is 25.4 Å². The third kappa shape index (κ3) is 5.53. The molecule has 2 aromatic heterocycles.